The van der Waals surface area contributed by atoms with Crippen LogP contribution in [-0.4, -0.2) is 18.6 Å². The number of hydrogen-bond acceptors (Lipinski definition) is 3. The Morgan fingerprint density at radius 1 is 1.41 bits per heavy atom. The molecule has 0 radical (unpaired) electrons. The molecule has 0 spiro atoms. The highest BCUT2D eigenvalue weighted by Gasteiger charge is 1.99. The van der Waals surface area contributed by atoms with Crippen molar-refractivity contribution in [1.29, 1.82) is 0 Å². The van der Waals surface area contributed by atoms with Crippen molar-refractivity contribution in [3.8, 4) is 0 Å². The maximum atomic E-state index is 11.1. The molecular weight excluding hydrogens is 214 g/mol. The predicted octanol–water partition coefficient (Wildman–Crippen LogP) is 2.28. The zero-order chi connectivity index (χ0) is 12.5. The van der Waals surface area contributed by atoms with E-state index in [9.17, 15) is 4.79 Å². The topological polar surface area (TPSA) is 38.3 Å². The standard InChI is InChI=1S/C14H19NO2/c1-3-17-14(16)10-9-12(2)15-11-13-7-5-4-6-8-13/h4-10,12,15H,3,11H2,1-2H3/t12-/m1/s1. The summed E-state index contributed by atoms with van der Waals surface area (Å²) in [4.78, 5) is 11.1. The van der Waals surface area contributed by atoms with Gasteiger partial charge in [-0.2, -0.15) is 0 Å². The highest BCUT2D eigenvalue weighted by atomic mass is 16.5. The van der Waals surface area contributed by atoms with E-state index < -0.39 is 0 Å². The van der Waals surface area contributed by atoms with Crippen LogP contribution in [0, 0.1) is 0 Å². The molecule has 0 bridgehead atoms. The fraction of sp³-hybridized carbons (Fsp3) is 0.357. The van der Waals surface area contributed by atoms with E-state index in [1.807, 2.05) is 25.1 Å². The van der Waals surface area contributed by atoms with Crippen LogP contribution in [-0.2, 0) is 16.1 Å². The highest BCUT2D eigenvalue weighted by molar-refractivity contribution is 5.81. The molecule has 0 heterocycles. The van der Waals surface area contributed by atoms with Gasteiger partial charge in [0, 0.05) is 18.7 Å². The molecule has 1 aromatic rings. The molecule has 0 aliphatic rings. The van der Waals surface area contributed by atoms with Crippen LogP contribution in [0.1, 0.15) is 19.4 Å². The lowest BCUT2D eigenvalue weighted by atomic mass is 10.2. The summed E-state index contributed by atoms with van der Waals surface area (Å²) < 4.78 is 4.80. The van der Waals surface area contributed by atoms with Crippen molar-refractivity contribution < 1.29 is 9.53 Å². The summed E-state index contributed by atoms with van der Waals surface area (Å²) >= 11 is 0. The lowest BCUT2D eigenvalue weighted by molar-refractivity contribution is -0.137. The normalized spacial score (nSPS) is 12.6. The molecule has 92 valence electrons. The third kappa shape index (κ3) is 5.88. The van der Waals surface area contributed by atoms with E-state index in [0.29, 0.717) is 6.61 Å². The summed E-state index contributed by atoms with van der Waals surface area (Å²) in [5, 5.41) is 3.30. The van der Waals surface area contributed by atoms with Crippen LogP contribution in [0.2, 0.25) is 0 Å². The summed E-state index contributed by atoms with van der Waals surface area (Å²) in [7, 11) is 0. The van der Waals surface area contributed by atoms with Crippen molar-refractivity contribution >= 4 is 5.97 Å². The fourth-order valence-corrected chi connectivity index (χ4v) is 1.36. The van der Waals surface area contributed by atoms with Crippen LogP contribution >= 0.6 is 0 Å². The van der Waals surface area contributed by atoms with Gasteiger partial charge in [-0.05, 0) is 19.4 Å². The zero-order valence-electron chi connectivity index (χ0n) is 10.3. The average Bonchev–Trinajstić information content (AvgIpc) is 2.35. The van der Waals surface area contributed by atoms with E-state index in [1.165, 1.54) is 11.6 Å². The van der Waals surface area contributed by atoms with Crippen molar-refractivity contribution in [3.05, 3.63) is 48.0 Å². The molecule has 0 fully saturated rings. The van der Waals surface area contributed by atoms with E-state index in [4.69, 9.17) is 4.74 Å². The molecule has 0 aromatic heterocycles. The number of carbonyl (C=O) groups is 1. The van der Waals surface area contributed by atoms with Crippen LogP contribution in [0.4, 0.5) is 0 Å². The second-order valence-electron chi connectivity index (χ2n) is 3.77. The van der Waals surface area contributed by atoms with Gasteiger partial charge in [-0.25, -0.2) is 4.79 Å². The Kier molecular flexibility index (Phi) is 6.04. The third-order valence-corrected chi connectivity index (χ3v) is 2.28. The molecule has 0 amide bonds. The number of rotatable bonds is 6. The van der Waals surface area contributed by atoms with Crippen molar-refractivity contribution in [2.24, 2.45) is 0 Å². The largest absolute Gasteiger partial charge is 0.463 e. The van der Waals surface area contributed by atoms with Gasteiger partial charge in [-0.15, -0.1) is 0 Å². The van der Waals surface area contributed by atoms with Gasteiger partial charge >= 0.3 is 5.97 Å². The molecule has 1 rings (SSSR count). The van der Waals surface area contributed by atoms with E-state index in [1.54, 1.807) is 13.0 Å². The number of benzene rings is 1. The van der Waals surface area contributed by atoms with Crippen molar-refractivity contribution in [2.45, 2.75) is 26.4 Å². The minimum Gasteiger partial charge on any atom is -0.463 e. The second-order valence-corrected chi connectivity index (χ2v) is 3.77. The predicted molar refractivity (Wildman–Crippen MR) is 68.5 cm³/mol. The molecule has 0 unspecified atom stereocenters. The lowest BCUT2D eigenvalue weighted by Gasteiger charge is -2.09. The molecule has 3 heteroatoms. The highest BCUT2D eigenvalue weighted by Crippen LogP contribution is 1.98. The molecule has 17 heavy (non-hydrogen) atoms. The molecule has 3 nitrogen and oxygen atoms in total. The summed E-state index contributed by atoms with van der Waals surface area (Å²) in [5.41, 5.74) is 1.23. The fourth-order valence-electron chi connectivity index (χ4n) is 1.36. The first-order valence-electron chi connectivity index (χ1n) is 5.84. The average molecular weight is 233 g/mol. The van der Waals surface area contributed by atoms with Gasteiger partial charge in [0.05, 0.1) is 6.61 Å². The molecule has 0 aliphatic carbocycles. The number of carbonyl (C=O) groups excluding carboxylic acids is 1. The second kappa shape index (κ2) is 7.63. The van der Waals surface area contributed by atoms with Crippen molar-refractivity contribution in [3.63, 3.8) is 0 Å². The maximum absolute atomic E-state index is 11.1. The van der Waals surface area contributed by atoms with Crippen LogP contribution < -0.4 is 5.32 Å². The molecule has 0 saturated carbocycles. The minimum absolute atomic E-state index is 0.139. The van der Waals surface area contributed by atoms with Crippen LogP contribution in [0.25, 0.3) is 0 Å². The minimum atomic E-state index is -0.291. The third-order valence-electron chi connectivity index (χ3n) is 2.28. The summed E-state index contributed by atoms with van der Waals surface area (Å²) in [6.07, 6.45) is 3.27. The number of esters is 1. The first-order valence-corrected chi connectivity index (χ1v) is 5.84. The summed E-state index contributed by atoms with van der Waals surface area (Å²) in [5.74, 6) is -0.291. The molecule has 1 aromatic carbocycles. The van der Waals surface area contributed by atoms with Gasteiger partial charge < -0.3 is 10.1 Å². The molecule has 0 aliphatic heterocycles. The van der Waals surface area contributed by atoms with Crippen LogP contribution in [0.3, 0.4) is 0 Å². The van der Waals surface area contributed by atoms with Gasteiger partial charge in [0.25, 0.3) is 0 Å². The van der Waals surface area contributed by atoms with Crippen molar-refractivity contribution in [1.82, 2.24) is 5.32 Å². The van der Waals surface area contributed by atoms with Gasteiger partial charge in [-0.1, -0.05) is 36.4 Å². The lowest BCUT2D eigenvalue weighted by Crippen LogP contribution is -2.23. The van der Waals surface area contributed by atoms with E-state index in [2.05, 4.69) is 17.4 Å². The summed E-state index contributed by atoms with van der Waals surface area (Å²) in [6, 6.07) is 10.3. The number of hydrogen-bond donors (Lipinski definition) is 1. The van der Waals surface area contributed by atoms with Gasteiger partial charge in [0.1, 0.15) is 0 Å². The Morgan fingerprint density at radius 3 is 2.76 bits per heavy atom. The Morgan fingerprint density at radius 2 is 2.12 bits per heavy atom. The number of nitrogens with one attached hydrogen (secondary N) is 1. The monoisotopic (exact) mass is 233 g/mol. The molecule has 1 atom stereocenters. The van der Waals surface area contributed by atoms with Gasteiger partial charge in [-0.3, -0.25) is 0 Å². The Labute approximate surface area is 102 Å². The quantitative estimate of drug-likeness (QED) is 0.605. The number of ether oxygens (including phenoxy) is 1. The van der Waals surface area contributed by atoms with Gasteiger partial charge in [0.2, 0.25) is 0 Å². The first-order chi connectivity index (χ1) is 8.22. The first kappa shape index (κ1) is 13.5. The van der Waals surface area contributed by atoms with E-state index in [0.717, 1.165) is 6.54 Å². The van der Waals surface area contributed by atoms with E-state index in [-0.39, 0.29) is 12.0 Å². The zero-order valence-corrected chi connectivity index (χ0v) is 10.3. The Balaban J connectivity index is 2.30. The SMILES string of the molecule is CCOC(=O)C=C[C@@H](C)NCc1ccccc1. The van der Waals surface area contributed by atoms with Crippen LogP contribution in [0.5, 0.6) is 0 Å². The molecule has 0 saturated heterocycles. The van der Waals surface area contributed by atoms with E-state index >= 15 is 0 Å². The Hall–Kier alpha value is -1.61. The van der Waals surface area contributed by atoms with Gasteiger partial charge in [0.15, 0.2) is 0 Å². The molecule has 1 N–H and O–H groups in total. The smallest absolute Gasteiger partial charge is 0.330 e. The van der Waals surface area contributed by atoms with Crippen molar-refractivity contribution in [2.75, 3.05) is 6.61 Å². The Bertz CT molecular complexity index is 360. The summed E-state index contributed by atoms with van der Waals surface area (Å²) in [6.45, 7) is 4.99. The molecular formula is C14H19NO2. The van der Waals surface area contributed by atoms with Crippen LogP contribution in [0.15, 0.2) is 42.5 Å². The maximum Gasteiger partial charge on any atom is 0.330 e.